The van der Waals surface area contributed by atoms with Crippen LogP contribution in [0.3, 0.4) is 0 Å². The molecule has 0 bridgehead atoms. The molecule has 1 aromatic heterocycles. The highest BCUT2D eigenvalue weighted by molar-refractivity contribution is 7.21. The Balaban J connectivity index is 1.84. The van der Waals surface area contributed by atoms with E-state index in [2.05, 4.69) is 4.99 Å². The van der Waals surface area contributed by atoms with Gasteiger partial charge in [0.1, 0.15) is 11.3 Å². The molecule has 2 heterocycles. The van der Waals surface area contributed by atoms with Crippen molar-refractivity contribution in [2.75, 3.05) is 19.0 Å². The first-order chi connectivity index (χ1) is 11.8. The van der Waals surface area contributed by atoms with Crippen LogP contribution in [0.25, 0.3) is 10.2 Å². The van der Waals surface area contributed by atoms with Crippen LogP contribution in [0.4, 0.5) is 23.8 Å². The Bertz CT molecular complexity index is 1000. The van der Waals surface area contributed by atoms with Crippen LogP contribution in [-0.2, 0) is 4.65 Å². The van der Waals surface area contributed by atoms with Gasteiger partial charge in [-0.2, -0.15) is 0 Å². The topological polar surface area (TPSA) is 28.7 Å². The van der Waals surface area contributed by atoms with Gasteiger partial charge in [-0.25, -0.2) is 4.39 Å². The number of rotatable bonds is 2. The average molecular weight is 363 g/mol. The van der Waals surface area contributed by atoms with E-state index in [-0.39, 0.29) is 16.5 Å². The molecule has 0 amide bonds. The number of aromatic nitrogens is 1. The molecule has 0 saturated heterocycles. The van der Waals surface area contributed by atoms with Crippen LogP contribution < -0.4 is 9.38 Å². The molecule has 0 fully saturated rings. The molecule has 25 heavy (non-hydrogen) atoms. The van der Waals surface area contributed by atoms with Crippen molar-refractivity contribution in [1.29, 1.82) is 0 Å². The molecule has 4 nitrogen and oxygen atoms in total. The predicted octanol–water partition coefficient (Wildman–Crippen LogP) is 3.73. The SMILES string of the molecule is CN(C)c1ccc(C2=Nc3sc4cc(F)ccc4[n+]3[B-](F)(F)O2)cc1. The third-order valence-corrected chi connectivity index (χ3v) is 4.99. The summed E-state index contributed by atoms with van der Waals surface area (Å²) in [7, 11) is -0.573. The van der Waals surface area contributed by atoms with Crippen molar-refractivity contribution < 1.29 is 22.2 Å². The van der Waals surface area contributed by atoms with Crippen molar-refractivity contribution in [2.24, 2.45) is 4.99 Å². The number of halogens is 3. The van der Waals surface area contributed by atoms with Gasteiger partial charge in [0.25, 0.3) is 5.90 Å². The van der Waals surface area contributed by atoms with E-state index in [9.17, 15) is 13.0 Å². The molecule has 0 atom stereocenters. The van der Waals surface area contributed by atoms with Gasteiger partial charge in [-0.15, -0.1) is 0 Å². The molecule has 1 aliphatic rings. The fourth-order valence-electron chi connectivity index (χ4n) is 2.72. The van der Waals surface area contributed by atoms with E-state index in [1.54, 1.807) is 24.3 Å². The van der Waals surface area contributed by atoms with E-state index in [4.69, 9.17) is 4.65 Å². The maximum atomic E-state index is 14.6. The van der Waals surface area contributed by atoms with Gasteiger partial charge in [0.05, 0.1) is 10.3 Å². The van der Waals surface area contributed by atoms with Gasteiger partial charge >= 0.3 is 12.2 Å². The zero-order valence-corrected chi connectivity index (χ0v) is 14.2. The third-order valence-electron chi connectivity index (χ3n) is 3.97. The quantitative estimate of drug-likeness (QED) is 0.650. The summed E-state index contributed by atoms with van der Waals surface area (Å²) in [4.78, 5) is 6.13. The van der Waals surface area contributed by atoms with Crippen molar-refractivity contribution in [3.05, 3.63) is 53.8 Å². The van der Waals surface area contributed by atoms with E-state index in [1.165, 1.54) is 12.1 Å². The van der Waals surface area contributed by atoms with Gasteiger partial charge in [-0.1, -0.05) is 0 Å². The average Bonchev–Trinajstić information content (AvgIpc) is 2.92. The maximum absolute atomic E-state index is 14.6. The highest BCUT2D eigenvalue weighted by Crippen LogP contribution is 2.33. The molecule has 4 rings (SSSR count). The van der Waals surface area contributed by atoms with E-state index in [1.807, 2.05) is 19.0 Å². The van der Waals surface area contributed by atoms with Crippen molar-refractivity contribution in [2.45, 2.75) is 0 Å². The minimum absolute atomic E-state index is 0.0866. The van der Waals surface area contributed by atoms with Crippen LogP contribution in [0.2, 0.25) is 0 Å². The van der Waals surface area contributed by atoms with Gasteiger partial charge in [0.15, 0.2) is 0 Å². The van der Waals surface area contributed by atoms with Gasteiger partial charge in [-0.05, 0) is 53.8 Å². The van der Waals surface area contributed by atoms with Crippen LogP contribution in [-0.4, -0.2) is 27.0 Å². The normalized spacial score (nSPS) is 15.5. The van der Waals surface area contributed by atoms with Gasteiger partial charge in [0, 0.05) is 24.8 Å². The largest absolute Gasteiger partial charge is 0.737 e. The lowest BCUT2D eigenvalue weighted by Crippen LogP contribution is -2.62. The highest BCUT2D eigenvalue weighted by Gasteiger charge is 2.49. The predicted molar refractivity (Wildman–Crippen MR) is 93.4 cm³/mol. The van der Waals surface area contributed by atoms with Gasteiger partial charge in [0.2, 0.25) is 0 Å². The lowest BCUT2D eigenvalue weighted by Gasteiger charge is -2.25. The Kier molecular flexibility index (Phi) is 3.50. The number of hydrogen-bond donors (Lipinski definition) is 0. The van der Waals surface area contributed by atoms with Crippen molar-refractivity contribution in [1.82, 2.24) is 0 Å². The van der Waals surface area contributed by atoms with Gasteiger partial charge < -0.3 is 22.7 Å². The zero-order chi connectivity index (χ0) is 17.8. The Morgan fingerprint density at radius 2 is 1.84 bits per heavy atom. The van der Waals surface area contributed by atoms with Crippen molar-refractivity contribution in [3.8, 4) is 0 Å². The number of nitrogens with zero attached hydrogens (tertiary/aromatic N) is 3. The molecule has 9 heteroatoms. The molecule has 0 aliphatic carbocycles. The second-order valence-electron chi connectivity index (χ2n) is 5.90. The fourth-order valence-corrected chi connectivity index (χ4v) is 3.81. The molecular weight excluding hydrogens is 350 g/mol. The summed E-state index contributed by atoms with van der Waals surface area (Å²) in [5, 5.41) is 0.0866. The molecule has 1 aliphatic heterocycles. The summed E-state index contributed by atoms with van der Waals surface area (Å²) in [5.74, 6) is -0.616. The molecule has 2 aromatic carbocycles. The number of aliphatic imine (C=N–C) groups is 1. The molecular formula is C16H13BF3N3OS. The Labute approximate surface area is 145 Å². The summed E-state index contributed by atoms with van der Waals surface area (Å²) >= 11 is 1.01. The molecule has 0 saturated carbocycles. The summed E-state index contributed by atoms with van der Waals surface area (Å²) in [6.45, 7) is 0. The molecule has 0 spiro atoms. The van der Waals surface area contributed by atoms with Crippen LogP contribution >= 0.6 is 11.3 Å². The number of thiazole rings is 1. The van der Waals surface area contributed by atoms with E-state index in [0.717, 1.165) is 27.6 Å². The summed E-state index contributed by atoms with van der Waals surface area (Å²) in [5.41, 5.74) is 1.60. The summed E-state index contributed by atoms with van der Waals surface area (Å²) in [6.07, 6.45) is 0. The summed E-state index contributed by atoms with van der Waals surface area (Å²) in [6, 6.07) is 10.7. The van der Waals surface area contributed by atoms with Gasteiger partial charge in [-0.3, -0.25) is 0 Å². The lowest BCUT2D eigenvalue weighted by molar-refractivity contribution is -0.536. The van der Waals surface area contributed by atoms with Crippen molar-refractivity contribution in [3.63, 3.8) is 0 Å². The van der Waals surface area contributed by atoms with E-state index in [0.29, 0.717) is 10.3 Å². The Morgan fingerprint density at radius 1 is 1.12 bits per heavy atom. The fraction of sp³-hybridized carbons (Fsp3) is 0.125. The number of fused-ring (bicyclic) bond motifs is 3. The minimum Gasteiger partial charge on any atom is -0.590 e. The molecule has 0 N–H and O–H groups in total. The van der Waals surface area contributed by atoms with E-state index >= 15 is 0 Å². The monoisotopic (exact) mass is 363 g/mol. The number of hydrogen-bond acceptors (Lipinski definition) is 4. The smallest absolute Gasteiger partial charge is 0.590 e. The molecule has 3 aromatic rings. The van der Waals surface area contributed by atoms with Crippen LogP contribution in [0, 0.1) is 5.82 Å². The lowest BCUT2D eigenvalue weighted by atomic mass is 10.0. The minimum atomic E-state index is -4.35. The standard InChI is InChI=1S/C16H13BF3N3OS/c1-22(2)12-6-3-10(4-7-12)15-21-16-23(17(19,20)24-15)13-8-5-11(18)9-14(13)25-16/h3-9H,1-2H3. The van der Waals surface area contributed by atoms with Crippen LogP contribution in [0.15, 0.2) is 47.5 Å². The summed E-state index contributed by atoms with van der Waals surface area (Å²) < 4.78 is 48.7. The zero-order valence-electron chi connectivity index (χ0n) is 13.4. The Hall–Kier alpha value is -2.55. The highest BCUT2D eigenvalue weighted by atomic mass is 32.1. The first kappa shape index (κ1) is 16.0. The second kappa shape index (κ2) is 5.49. The maximum Gasteiger partial charge on any atom is 0.737 e. The third kappa shape index (κ3) is 2.64. The van der Waals surface area contributed by atoms with Crippen LogP contribution in [0.1, 0.15) is 5.56 Å². The number of benzene rings is 2. The van der Waals surface area contributed by atoms with Crippen molar-refractivity contribution >= 4 is 45.3 Å². The Morgan fingerprint density at radius 3 is 2.52 bits per heavy atom. The molecule has 0 unspecified atom stereocenters. The molecule has 128 valence electrons. The first-order valence-electron chi connectivity index (χ1n) is 7.55. The van der Waals surface area contributed by atoms with Crippen LogP contribution in [0.5, 0.6) is 0 Å². The first-order valence-corrected chi connectivity index (χ1v) is 8.37. The number of anilines is 1. The second-order valence-corrected chi connectivity index (χ2v) is 6.91. The van der Waals surface area contributed by atoms with E-state index < -0.39 is 12.9 Å². The molecule has 0 radical (unpaired) electrons.